The van der Waals surface area contributed by atoms with Crippen molar-refractivity contribution in [2.75, 3.05) is 6.54 Å². The maximum atomic E-state index is 6.01. The van der Waals surface area contributed by atoms with Gasteiger partial charge in [-0.25, -0.2) is 4.98 Å². The van der Waals surface area contributed by atoms with Gasteiger partial charge in [-0.1, -0.05) is 41.9 Å². The van der Waals surface area contributed by atoms with Crippen molar-refractivity contribution >= 4 is 15.9 Å². The Labute approximate surface area is 123 Å². The first-order valence-electron chi connectivity index (χ1n) is 6.48. The Morgan fingerprint density at radius 2 is 1.95 bits per heavy atom. The van der Waals surface area contributed by atoms with Crippen molar-refractivity contribution in [1.29, 1.82) is 0 Å². The first kappa shape index (κ1) is 14.3. The van der Waals surface area contributed by atoms with Gasteiger partial charge in [0.1, 0.15) is 0 Å². The van der Waals surface area contributed by atoms with Crippen LogP contribution in [0.4, 0.5) is 0 Å². The van der Waals surface area contributed by atoms with Gasteiger partial charge in [0.25, 0.3) is 0 Å². The van der Waals surface area contributed by atoms with Crippen LogP contribution in [-0.4, -0.2) is 16.1 Å². The van der Waals surface area contributed by atoms with Gasteiger partial charge in [0.2, 0.25) is 0 Å². The minimum Gasteiger partial charge on any atom is -0.328 e. The number of imidazole rings is 1. The topological polar surface area (TPSA) is 43.8 Å². The minimum absolute atomic E-state index is 0.126. The van der Waals surface area contributed by atoms with Crippen LogP contribution in [0.2, 0.25) is 0 Å². The molecule has 0 bridgehead atoms. The summed E-state index contributed by atoms with van der Waals surface area (Å²) in [5.41, 5.74) is 8.15. The molecule has 0 spiro atoms. The Morgan fingerprint density at radius 1 is 1.32 bits per heavy atom. The van der Waals surface area contributed by atoms with Gasteiger partial charge in [0.05, 0.1) is 23.8 Å². The Hall–Kier alpha value is -1.13. The van der Waals surface area contributed by atoms with Crippen LogP contribution in [0.25, 0.3) is 11.3 Å². The van der Waals surface area contributed by atoms with Crippen LogP contribution >= 0.6 is 15.9 Å². The average molecular weight is 322 g/mol. The lowest BCUT2D eigenvalue weighted by molar-refractivity contribution is 0.233. The molecule has 4 heteroatoms. The second-order valence-corrected chi connectivity index (χ2v) is 6.29. The van der Waals surface area contributed by atoms with Crippen LogP contribution in [0, 0.1) is 5.92 Å². The number of nitrogens with zero attached hydrogens (tertiary/aromatic N) is 2. The largest absolute Gasteiger partial charge is 0.328 e. The zero-order valence-electron chi connectivity index (χ0n) is 11.6. The van der Waals surface area contributed by atoms with Crippen LogP contribution < -0.4 is 5.73 Å². The minimum atomic E-state index is -0.126. The van der Waals surface area contributed by atoms with Crippen LogP contribution in [0.5, 0.6) is 0 Å². The van der Waals surface area contributed by atoms with Crippen molar-refractivity contribution in [2.24, 2.45) is 11.7 Å². The first-order chi connectivity index (χ1) is 8.99. The third kappa shape index (κ3) is 2.60. The molecule has 1 aromatic carbocycles. The Kier molecular flexibility index (Phi) is 4.11. The summed E-state index contributed by atoms with van der Waals surface area (Å²) in [5, 5.41) is 0. The Balaban J connectivity index is 2.50. The van der Waals surface area contributed by atoms with E-state index in [0.29, 0.717) is 12.5 Å². The molecule has 0 saturated heterocycles. The van der Waals surface area contributed by atoms with Crippen molar-refractivity contribution in [3.8, 4) is 11.3 Å². The standard InChI is InChI=1S/C15H20BrN3/c1-11(2)15(3,9-17)19-10-18-8-14(19)12-4-6-13(16)7-5-12/h4-8,10-11H,9,17H2,1-3H3. The number of hydrogen-bond acceptors (Lipinski definition) is 2. The van der Waals surface area contributed by atoms with E-state index < -0.39 is 0 Å². The van der Waals surface area contributed by atoms with E-state index in [4.69, 9.17) is 5.73 Å². The molecule has 0 radical (unpaired) electrons. The number of nitrogens with two attached hydrogens (primary N) is 1. The number of hydrogen-bond donors (Lipinski definition) is 1. The molecule has 1 aromatic heterocycles. The first-order valence-corrected chi connectivity index (χ1v) is 7.27. The Bertz CT molecular complexity index is 545. The smallest absolute Gasteiger partial charge is 0.0956 e. The summed E-state index contributed by atoms with van der Waals surface area (Å²) in [6.07, 6.45) is 3.78. The van der Waals surface area contributed by atoms with E-state index in [1.807, 2.05) is 24.7 Å². The van der Waals surface area contributed by atoms with E-state index in [1.54, 1.807) is 0 Å². The molecule has 0 aliphatic carbocycles. The van der Waals surface area contributed by atoms with E-state index in [-0.39, 0.29) is 5.54 Å². The fourth-order valence-corrected chi connectivity index (χ4v) is 2.41. The summed E-state index contributed by atoms with van der Waals surface area (Å²) in [6.45, 7) is 7.16. The highest BCUT2D eigenvalue weighted by atomic mass is 79.9. The average Bonchev–Trinajstić information content (AvgIpc) is 2.88. The fraction of sp³-hybridized carbons (Fsp3) is 0.400. The lowest BCUT2D eigenvalue weighted by atomic mass is 9.87. The third-order valence-electron chi connectivity index (χ3n) is 3.99. The second kappa shape index (κ2) is 5.47. The molecule has 0 aliphatic rings. The van der Waals surface area contributed by atoms with Gasteiger partial charge in [0, 0.05) is 11.0 Å². The Morgan fingerprint density at radius 3 is 2.47 bits per heavy atom. The van der Waals surface area contributed by atoms with Gasteiger partial charge in [-0.15, -0.1) is 0 Å². The molecule has 2 N–H and O–H groups in total. The van der Waals surface area contributed by atoms with Crippen molar-refractivity contribution in [2.45, 2.75) is 26.3 Å². The highest BCUT2D eigenvalue weighted by molar-refractivity contribution is 9.10. The van der Waals surface area contributed by atoms with Gasteiger partial charge >= 0.3 is 0 Å². The molecular weight excluding hydrogens is 302 g/mol. The number of aromatic nitrogens is 2. The van der Waals surface area contributed by atoms with Crippen molar-refractivity contribution in [3.63, 3.8) is 0 Å². The molecule has 2 rings (SSSR count). The summed E-state index contributed by atoms with van der Waals surface area (Å²) in [6, 6.07) is 8.27. The normalized spacial score (nSPS) is 14.6. The van der Waals surface area contributed by atoms with Gasteiger partial charge in [-0.3, -0.25) is 0 Å². The highest BCUT2D eigenvalue weighted by Crippen LogP contribution is 2.31. The molecule has 102 valence electrons. The zero-order valence-corrected chi connectivity index (χ0v) is 13.2. The lowest BCUT2D eigenvalue weighted by Crippen LogP contribution is -2.42. The number of benzene rings is 1. The van der Waals surface area contributed by atoms with Crippen molar-refractivity contribution in [1.82, 2.24) is 9.55 Å². The molecule has 19 heavy (non-hydrogen) atoms. The van der Waals surface area contributed by atoms with Crippen LogP contribution in [-0.2, 0) is 5.54 Å². The van der Waals surface area contributed by atoms with Crippen molar-refractivity contribution < 1.29 is 0 Å². The van der Waals surface area contributed by atoms with Gasteiger partial charge < -0.3 is 10.3 Å². The van der Waals surface area contributed by atoms with Gasteiger partial charge in [-0.2, -0.15) is 0 Å². The molecule has 0 fully saturated rings. The molecule has 1 unspecified atom stereocenters. The van der Waals surface area contributed by atoms with E-state index in [9.17, 15) is 0 Å². The van der Waals surface area contributed by atoms with E-state index in [1.165, 1.54) is 0 Å². The molecule has 1 atom stereocenters. The highest BCUT2D eigenvalue weighted by Gasteiger charge is 2.30. The predicted octanol–water partition coefficient (Wildman–Crippen LogP) is 3.64. The molecule has 1 heterocycles. The van der Waals surface area contributed by atoms with Gasteiger partial charge in [-0.05, 0) is 30.5 Å². The molecular formula is C15H20BrN3. The zero-order chi connectivity index (χ0) is 14.0. The maximum absolute atomic E-state index is 6.01. The maximum Gasteiger partial charge on any atom is 0.0956 e. The van der Waals surface area contributed by atoms with Crippen LogP contribution in [0.3, 0.4) is 0 Å². The molecule has 0 amide bonds. The SMILES string of the molecule is CC(C)C(C)(CN)n1cncc1-c1ccc(Br)cc1. The monoisotopic (exact) mass is 321 g/mol. The second-order valence-electron chi connectivity index (χ2n) is 5.37. The van der Waals surface area contributed by atoms with E-state index >= 15 is 0 Å². The third-order valence-corrected chi connectivity index (χ3v) is 4.51. The quantitative estimate of drug-likeness (QED) is 0.934. The summed E-state index contributed by atoms with van der Waals surface area (Å²) < 4.78 is 3.27. The van der Waals surface area contributed by atoms with Gasteiger partial charge in [0.15, 0.2) is 0 Å². The fourth-order valence-electron chi connectivity index (χ4n) is 2.15. The van der Waals surface area contributed by atoms with Crippen molar-refractivity contribution in [3.05, 3.63) is 41.3 Å². The molecule has 2 aromatic rings. The van der Waals surface area contributed by atoms with E-state index in [2.05, 4.69) is 58.4 Å². The van der Waals surface area contributed by atoms with Crippen LogP contribution in [0.15, 0.2) is 41.3 Å². The molecule has 0 saturated carbocycles. The lowest BCUT2D eigenvalue weighted by Gasteiger charge is -2.35. The number of halogens is 1. The predicted molar refractivity (Wildman–Crippen MR) is 82.9 cm³/mol. The van der Waals surface area contributed by atoms with Crippen LogP contribution in [0.1, 0.15) is 20.8 Å². The summed E-state index contributed by atoms with van der Waals surface area (Å²) in [4.78, 5) is 4.31. The number of rotatable bonds is 4. The molecule has 3 nitrogen and oxygen atoms in total. The van der Waals surface area contributed by atoms with E-state index in [0.717, 1.165) is 15.7 Å². The molecule has 0 aliphatic heterocycles. The summed E-state index contributed by atoms with van der Waals surface area (Å²) in [5.74, 6) is 0.431. The summed E-state index contributed by atoms with van der Waals surface area (Å²) in [7, 11) is 0. The summed E-state index contributed by atoms with van der Waals surface area (Å²) >= 11 is 3.46.